The van der Waals surface area contributed by atoms with Gasteiger partial charge in [0.1, 0.15) is 11.2 Å². The molecule has 0 atom stereocenters. The fourth-order valence-corrected chi connectivity index (χ4v) is 1.23. The van der Waals surface area contributed by atoms with E-state index in [0.717, 1.165) is 0 Å². The molecule has 6 heteroatoms. The van der Waals surface area contributed by atoms with Crippen LogP contribution < -0.4 is 5.32 Å². The van der Waals surface area contributed by atoms with Crippen LogP contribution in [0.4, 0.5) is 10.5 Å². The number of carbonyl (C=O) groups excluding carboxylic acids is 1. The average molecular weight is 253 g/mol. The number of carboxylic acids is 1. The minimum atomic E-state index is -1.28. The highest BCUT2D eigenvalue weighted by Crippen LogP contribution is 2.27. The number of hydrogen-bond acceptors (Lipinski definition) is 4. The van der Waals surface area contributed by atoms with Gasteiger partial charge < -0.3 is 14.9 Å². The zero-order valence-corrected chi connectivity index (χ0v) is 10.4. The summed E-state index contributed by atoms with van der Waals surface area (Å²) in [4.78, 5) is 22.3. The Hall–Kier alpha value is -2.24. The van der Waals surface area contributed by atoms with E-state index in [4.69, 9.17) is 9.84 Å². The summed E-state index contributed by atoms with van der Waals surface area (Å²) in [6.07, 6.45) is -0.764. The molecular weight excluding hydrogens is 238 g/mol. The van der Waals surface area contributed by atoms with Gasteiger partial charge in [-0.1, -0.05) is 6.07 Å². The molecule has 0 aromatic heterocycles. The lowest BCUT2D eigenvalue weighted by Crippen LogP contribution is -2.27. The molecule has 0 aliphatic carbocycles. The van der Waals surface area contributed by atoms with Crippen LogP contribution in [0.25, 0.3) is 0 Å². The summed E-state index contributed by atoms with van der Waals surface area (Å²) in [5, 5.41) is 20.7. The molecule has 0 aliphatic heterocycles. The normalized spacial score (nSPS) is 10.8. The predicted octanol–water partition coefficient (Wildman–Crippen LogP) is 2.44. The van der Waals surface area contributed by atoms with E-state index in [9.17, 15) is 14.7 Å². The number of benzene rings is 1. The Morgan fingerprint density at radius 1 is 1.28 bits per heavy atom. The number of para-hydroxylation sites is 1. The maximum Gasteiger partial charge on any atom is 0.412 e. The number of carbonyl (C=O) groups is 2. The van der Waals surface area contributed by atoms with Crippen LogP contribution in [0.2, 0.25) is 0 Å². The lowest BCUT2D eigenvalue weighted by molar-refractivity contribution is 0.0631. The van der Waals surface area contributed by atoms with Crippen molar-refractivity contribution in [3.8, 4) is 5.75 Å². The highest BCUT2D eigenvalue weighted by atomic mass is 16.6. The van der Waals surface area contributed by atoms with E-state index in [1.54, 1.807) is 20.8 Å². The van der Waals surface area contributed by atoms with Crippen molar-refractivity contribution in [1.29, 1.82) is 0 Å². The van der Waals surface area contributed by atoms with E-state index in [-0.39, 0.29) is 11.3 Å². The van der Waals surface area contributed by atoms with Gasteiger partial charge in [0.15, 0.2) is 5.75 Å². The van der Waals surface area contributed by atoms with Crippen molar-refractivity contribution in [2.45, 2.75) is 26.4 Å². The monoisotopic (exact) mass is 253 g/mol. The van der Waals surface area contributed by atoms with Gasteiger partial charge in [0, 0.05) is 0 Å². The van der Waals surface area contributed by atoms with Gasteiger partial charge in [-0.15, -0.1) is 0 Å². The summed E-state index contributed by atoms with van der Waals surface area (Å²) in [7, 11) is 0. The number of rotatable bonds is 2. The lowest BCUT2D eigenvalue weighted by Gasteiger charge is -2.20. The Balaban J connectivity index is 2.89. The summed E-state index contributed by atoms with van der Waals surface area (Å²) >= 11 is 0. The standard InChI is InChI=1S/C12H15NO5/c1-12(2,3)18-11(17)13-8-6-4-5-7(9(8)14)10(15)16/h4-6,14H,1-3H3,(H,13,17)(H,15,16). The smallest absolute Gasteiger partial charge is 0.412 e. The molecule has 0 spiro atoms. The average Bonchev–Trinajstić information content (AvgIpc) is 2.17. The second-order valence-corrected chi connectivity index (χ2v) is 4.63. The van der Waals surface area contributed by atoms with E-state index < -0.39 is 23.4 Å². The van der Waals surface area contributed by atoms with Gasteiger partial charge in [-0.2, -0.15) is 0 Å². The number of aromatic hydroxyl groups is 1. The van der Waals surface area contributed by atoms with Crippen molar-refractivity contribution >= 4 is 17.7 Å². The Kier molecular flexibility index (Phi) is 3.80. The Morgan fingerprint density at radius 3 is 2.39 bits per heavy atom. The molecule has 1 aromatic rings. The second kappa shape index (κ2) is 4.95. The highest BCUT2D eigenvalue weighted by Gasteiger charge is 2.19. The fraction of sp³-hybridized carbons (Fsp3) is 0.333. The molecule has 0 unspecified atom stereocenters. The molecule has 0 saturated heterocycles. The van der Waals surface area contributed by atoms with E-state index in [1.165, 1.54) is 18.2 Å². The third kappa shape index (κ3) is 3.65. The van der Waals surface area contributed by atoms with Crippen LogP contribution in [0.15, 0.2) is 18.2 Å². The third-order valence-electron chi connectivity index (χ3n) is 1.90. The van der Waals surface area contributed by atoms with E-state index in [2.05, 4.69) is 5.32 Å². The quantitative estimate of drug-likeness (QED) is 0.703. The van der Waals surface area contributed by atoms with Gasteiger partial charge in [-0.25, -0.2) is 9.59 Å². The summed E-state index contributed by atoms with van der Waals surface area (Å²) < 4.78 is 4.99. The lowest BCUT2D eigenvalue weighted by atomic mass is 10.1. The van der Waals surface area contributed by atoms with Crippen LogP contribution in [0.5, 0.6) is 5.75 Å². The SMILES string of the molecule is CC(C)(C)OC(=O)Nc1cccc(C(=O)O)c1O. The van der Waals surface area contributed by atoms with Crippen LogP contribution in [0, 0.1) is 0 Å². The number of ether oxygens (including phenoxy) is 1. The number of nitrogens with one attached hydrogen (secondary N) is 1. The molecule has 3 N–H and O–H groups in total. The molecule has 0 aliphatic rings. The molecule has 6 nitrogen and oxygen atoms in total. The van der Waals surface area contributed by atoms with E-state index in [0.29, 0.717) is 0 Å². The molecule has 0 saturated carbocycles. The molecule has 0 heterocycles. The minimum absolute atomic E-state index is 0.0100. The highest BCUT2D eigenvalue weighted by molar-refractivity contribution is 5.96. The summed E-state index contributed by atoms with van der Waals surface area (Å²) in [6, 6.07) is 4.03. The number of hydrogen-bond donors (Lipinski definition) is 3. The first-order valence-electron chi connectivity index (χ1n) is 5.26. The molecule has 0 fully saturated rings. The van der Waals surface area contributed by atoms with Crippen LogP contribution in [0.3, 0.4) is 0 Å². The van der Waals surface area contributed by atoms with Crippen molar-refractivity contribution in [2.75, 3.05) is 5.32 Å². The fourth-order valence-electron chi connectivity index (χ4n) is 1.23. The predicted molar refractivity (Wildman–Crippen MR) is 64.9 cm³/mol. The second-order valence-electron chi connectivity index (χ2n) is 4.63. The van der Waals surface area contributed by atoms with Crippen molar-refractivity contribution < 1.29 is 24.5 Å². The Bertz CT molecular complexity index is 476. The topological polar surface area (TPSA) is 95.9 Å². The first-order valence-corrected chi connectivity index (χ1v) is 5.26. The summed E-state index contributed by atoms with van der Waals surface area (Å²) in [6.45, 7) is 5.08. The molecule has 18 heavy (non-hydrogen) atoms. The molecular formula is C12H15NO5. The number of phenols is 1. The summed E-state index contributed by atoms with van der Waals surface area (Å²) in [5.41, 5.74) is -0.975. The minimum Gasteiger partial charge on any atom is -0.505 e. The maximum absolute atomic E-state index is 11.5. The maximum atomic E-state index is 11.5. The molecule has 1 amide bonds. The van der Waals surface area contributed by atoms with Gasteiger partial charge in [-0.05, 0) is 32.9 Å². The van der Waals surface area contributed by atoms with Crippen LogP contribution >= 0.6 is 0 Å². The van der Waals surface area contributed by atoms with Gasteiger partial charge in [-0.3, -0.25) is 5.32 Å². The van der Waals surface area contributed by atoms with Crippen molar-refractivity contribution in [2.24, 2.45) is 0 Å². The van der Waals surface area contributed by atoms with E-state index >= 15 is 0 Å². The zero-order valence-electron chi connectivity index (χ0n) is 10.4. The molecule has 1 aromatic carbocycles. The summed E-state index contributed by atoms with van der Waals surface area (Å²) in [5.74, 6) is -1.78. The van der Waals surface area contributed by atoms with Gasteiger partial charge in [0.05, 0.1) is 5.69 Å². The van der Waals surface area contributed by atoms with Crippen LogP contribution in [-0.4, -0.2) is 27.9 Å². The number of amides is 1. The Labute approximate surface area is 104 Å². The Morgan fingerprint density at radius 2 is 1.89 bits per heavy atom. The van der Waals surface area contributed by atoms with Crippen molar-refractivity contribution in [3.05, 3.63) is 23.8 Å². The number of aromatic carboxylic acids is 1. The zero-order chi connectivity index (χ0) is 13.9. The van der Waals surface area contributed by atoms with Crippen molar-refractivity contribution in [1.82, 2.24) is 0 Å². The third-order valence-corrected chi connectivity index (χ3v) is 1.90. The van der Waals surface area contributed by atoms with Gasteiger partial charge in [0.25, 0.3) is 0 Å². The largest absolute Gasteiger partial charge is 0.505 e. The molecule has 1 rings (SSSR count). The number of carboxylic acid groups (broad SMARTS) is 1. The molecule has 98 valence electrons. The van der Waals surface area contributed by atoms with Crippen LogP contribution in [-0.2, 0) is 4.74 Å². The van der Waals surface area contributed by atoms with Crippen LogP contribution in [0.1, 0.15) is 31.1 Å². The number of anilines is 1. The first-order chi connectivity index (χ1) is 8.20. The van der Waals surface area contributed by atoms with E-state index in [1.807, 2.05) is 0 Å². The van der Waals surface area contributed by atoms with Crippen molar-refractivity contribution in [3.63, 3.8) is 0 Å². The molecule has 0 bridgehead atoms. The van der Waals surface area contributed by atoms with Gasteiger partial charge >= 0.3 is 12.1 Å². The molecule has 0 radical (unpaired) electrons. The first kappa shape index (κ1) is 13.8. The van der Waals surface area contributed by atoms with Gasteiger partial charge in [0.2, 0.25) is 0 Å².